The van der Waals surface area contributed by atoms with Crippen LogP contribution in [-0.4, -0.2) is 12.5 Å². The molecule has 0 bridgehead atoms. The molecule has 0 spiro atoms. The van der Waals surface area contributed by atoms with Crippen molar-refractivity contribution in [2.75, 3.05) is 6.54 Å². The summed E-state index contributed by atoms with van der Waals surface area (Å²) >= 11 is 0. The van der Waals surface area contributed by atoms with E-state index in [2.05, 4.69) is 5.32 Å². The number of halogens is 2. The molecule has 0 saturated heterocycles. The third kappa shape index (κ3) is 2.04. The smallest absolute Gasteiger partial charge is 0.231 e. The van der Waals surface area contributed by atoms with Gasteiger partial charge in [0, 0.05) is 5.54 Å². The van der Waals surface area contributed by atoms with Crippen LogP contribution >= 0.6 is 0 Å². The number of nitrogens with one attached hydrogen (secondary N) is 1. The Labute approximate surface area is 91.6 Å². The number of amides is 1. The van der Waals surface area contributed by atoms with E-state index < -0.39 is 23.1 Å². The normalized spacial score (nSPS) is 17.1. The van der Waals surface area contributed by atoms with E-state index in [0.29, 0.717) is 5.56 Å². The minimum absolute atomic E-state index is 0.0407. The van der Waals surface area contributed by atoms with Gasteiger partial charge in [-0.2, -0.15) is 0 Å². The maximum Gasteiger partial charge on any atom is 0.231 e. The molecule has 1 aliphatic rings. The first-order valence-corrected chi connectivity index (χ1v) is 5.02. The van der Waals surface area contributed by atoms with Crippen molar-refractivity contribution in [3.8, 4) is 0 Å². The predicted octanol–water partition coefficient (Wildman–Crippen LogP) is 1.03. The van der Waals surface area contributed by atoms with E-state index in [4.69, 9.17) is 5.73 Å². The molecule has 1 amide bonds. The van der Waals surface area contributed by atoms with Crippen LogP contribution in [0.2, 0.25) is 0 Å². The fraction of sp³-hybridized carbons (Fsp3) is 0.364. The van der Waals surface area contributed by atoms with Gasteiger partial charge in [0.05, 0.1) is 6.54 Å². The van der Waals surface area contributed by atoms with Crippen molar-refractivity contribution < 1.29 is 13.6 Å². The first kappa shape index (κ1) is 11.0. The Bertz CT molecular complexity index is 430. The Morgan fingerprint density at radius 1 is 1.38 bits per heavy atom. The molecule has 2 rings (SSSR count). The first-order valence-electron chi connectivity index (χ1n) is 5.02. The lowest BCUT2D eigenvalue weighted by molar-refractivity contribution is -0.117. The van der Waals surface area contributed by atoms with Crippen molar-refractivity contribution in [1.29, 1.82) is 0 Å². The predicted molar refractivity (Wildman–Crippen MR) is 54.5 cm³/mol. The van der Waals surface area contributed by atoms with Gasteiger partial charge in [0.25, 0.3) is 0 Å². The number of benzene rings is 1. The zero-order valence-electron chi connectivity index (χ0n) is 8.59. The van der Waals surface area contributed by atoms with Gasteiger partial charge in [-0.05, 0) is 30.5 Å². The molecule has 1 aromatic carbocycles. The van der Waals surface area contributed by atoms with Gasteiger partial charge in [-0.25, -0.2) is 8.78 Å². The topological polar surface area (TPSA) is 55.1 Å². The standard InChI is InChI=1S/C11H12F2N2O/c12-8-2-1-7(5-9(8)13)11(3-4-11)15-6-10(14)16/h1-2,5,15H,3-4,6H2,(H2,14,16). The summed E-state index contributed by atoms with van der Waals surface area (Å²) in [5.74, 6) is -2.20. The highest BCUT2D eigenvalue weighted by Gasteiger charge is 2.44. The minimum Gasteiger partial charge on any atom is -0.369 e. The second kappa shape index (κ2) is 3.83. The summed E-state index contributed by atoms with van der Waals surface area (Å²) in [6.45, 7) is 0.0407. The number of hydrogen-bond donors (Lipinski definition) is 2. The molecule has 0 aromatic heterocycles. The molecule has 0 aliphatic heterocycles. The lowest BCUT2D eigenvalue weighted by Crippen LogP contribution is -2.36. The van der Waals surface area contributed by atoms with Gasteiger partial charge < -0.3 is 5.73 Å². The van der Waals surface area contributed by atoms with Gasteiger partial charge in [0.2, 0.25) is 5.91 Å². The van der Waals surface area contributed by atoms with Crippen LogP contribution in [0.15, 0.2) is 18.2 Å². The number of carbonyl (C=O) groups is 1. The van der Waals surface area contributed by atoms with Crippen LogP contribution in [0.3, 0.4) is 0 Å². The zero-order chi connectivity index (χ0) is 11.8. The van der Waals surface area contributed by atoms with Gasteiger partial charge >= 0.3 is 0 Å². The summed E-state index contributed by atoms with van der Waals surface area (Å²) in [5.41, 5.74) is 5.28. The molecule has 86 valence electrons. The average molecular weight is 226 g/mol. The Kier molecular flexibility index (Phi) is 2.63. The molecular weight excluding hydrogens is 214 g/mol. The van der Waals surface area contributed by atoms with Crippen LogP contribution in [0.1, 0.15) is 18.4 Å². The molecule has 0 atom stereocenters. The summed E-state index contributed by atoms with van der Waals surface area (Å²) in [7, 11) is 0. The molecule has 0 unspecified atom stereocenters. The molecule has 3 N–H and O–H groups in total. The molecule has 1 aliphatic carbocycles. The third-order valence-corrected chi connectivity index (χ3v) is 2.82. The fourth-order valence-electron chi connectivity index (χ4n) is 1.74. The Morgan fingerprint density at radius 2 is 2.06 bits per heavy atom. The van der Waals surface area contributed by atoms with Gasteiger partial charge in [-0.1, -0.05) is 6.07 Å². The Balaban J connectivity index is 2.16. The largest absolute Gasteiger partial charge is 0.369 e. The van der Waals surface area contributed by atoms with Gasteiger partial charge in [-0.3, -0.25) is 10.1 Å². The monoisotopic (exact) mass is 226 g/mol. The van der Waals surface area contributed by atoms with Crippen LogP contribution in [0.5, 0.6) is 0 Å². The Hall–Kier alpha value is -1.49. The number of nitrogens with two attached hydrogens (primary N) is 1. The van der Waals surface area contributed by atoms with Crippen LogP contribution < -0.4 is 11.1 Å². The highest BCUT2D eigenvalue weighted by atomic mass is 19.2. The fourth-order valence-corrected chi connectivity index (χ4v) is 1.74. The quantitative estimate of drug-likeness (QED) is 0.805. The van der Waals surface area contributed by atoms with Crippen molar-refractivity contribution in [2.24, 2.45) is 5.73 Å². The van der Waals surface area contributed by atoms with Crippen LogP contribution in [0.25, 0.3) is 0 Å². The SMILES string of the molecule is NC(=O)CNC1(c2ccc(F)c(F)c2)CC1. The van der Waals surface area contributed by atoms with E-state index in [1.54, 1.807) is 0 Å². The number of rotatable bonds is 4. The maximum atomic E-state index is 13.0. The second-order valence-electron chi connectivity index (χ2n) is 4.03. The molecule has 0 heterocycles. The first-order chi connectivity index (χ1) is 7.53. The van der Waals surface area contributed by atoms with Crippen LogP contribution in [0.4, 0.5) is 8.78 Å². The van der Waals surface area contributed by atoms with Gasteiger partial charge in [0.1, 0.15) is 0 Å². The molecule has 5 heteroatoms. The molecule has 0 radical (unpaired) electrons. The van der Waals surface area contributed by atoms with Gasteiger partial charge in [-0.15, -0.1) is 0 Å². The van der Waals surface area contributed by atoms with Crippen LogP contribution in [-0.2, 0) is 10.3 Å². The summed E-state index contributed by atoms with van der Waals surface area (Å²) in [6, 6.07) is 3.78. The molecule has 1 fully saturated rings. The maximum absolute atomic E-state index is 13.0. The number of carbonyl (C=O) groups excluding carboxylic acids is 1. The summed E-state index contributed by atoms with van der Waals surface area (Å²) in [5, 5.41) is 2.97. The average Bonchev–Trinajstić information content (AvgIpc) is 3.00. The van der Waals surface area contributed by atoms with Gasteiger partial charge in [0.15, 0.2) is 11.6 Å². The minimum atomic E-state index is -0.871. The van der Waals surface area contributed by atoms with Crippen molar-refractivity contribution in [3.05, 3.63) is 35.4 Å². The van der Waals surface area contributed by atoms with E-state index in [9.17, 15) is 13.6 Å². The van der Waals surface area contributed by atoms with E-state index in [-0.39, 0.29) is 6.54 Å². The Morgan fingerprint density at radius 3 is 2.56 bits per heavy atom. The summed E-state index contributed by atoms with van der Waals surface area (Å²) in [4.78, 5) is 10.7. The summed E-state index contributed by atoms with van der Waals surface area (Å²) in [6.07, 6.45) is 1.59. The molecular formula is C11H12F2N2O. The molecule has 3 nitrogen and oxygen atoms in total. The van der Waals surface area contributed by atoms with Crippen LogP contribution in [0, 0.1) is 11.6 Å². The van der Waals surface area contributed by atoms with Crippen molar-refractivity contribution in [2.45, 2.75) is 18.4 Å². The molecule has 1 aromatic rings. The van der Waals surface area contributed by atoms with Crippen molar-refractivity contribution in [1.82, 2.24) is 5.32 Å². The highest BCUT2D eigenvalue weighted by molar-refractivity contribution is 5.76. The number of primary amides is 1. The van der Waals surface area contributed by atoms with E-state index in [1.807, 2.05) is 0 Å². The lowest BCUT2D eigenvalue weighted by atomic mass is 10.0. The molecule has 16 heavy (non-hydrogen) atoms. The zero-order valence-corrected chi connectivity index (χ0v) is 8.59. The molecule has 1 saturated carbocycles. The van der Waals surface area contributed by atoms with E-state index in [1.165, 1.54) is 6.07 Å². The van der Waals surface area contributed by atoms with Crippen molar-refractivity contribution >= 4 is 5.91 Å². The lowest BCUT2D eigenvalue weighted by Gasteiger charge is -2.16. The third-order valence-electron chi connectivity index (χ3n) is 2.82. The van der Waals surface area contributed by atoms with E-state index >= 15 is 0 Å². The highest BCUT2D eigenvalue weighted by Crippen LogP contribution is 2.45. The second-order valence-corrected chi connectivity index (χ2v) is 4.03. The van der Waals surface area contributed by atoms with Crippen molar-refractivity contribution in [3.63, 3.8) is 0 Å². The van der Waals surface area contributed by atoms with E-state index in [0.717, 1.165) is 25.0 Å². The summed E-state index contributed by atoms with van der Waals surface area (Å²) < 4.78 is 25.8. The number of hydrogen-bond acceptors (Lipinski definition) is 2.